The van der Waals surface area contributed by atoms with Crippen LogP contribution in [0.5, 0.6) is 5.75 Å². The van der Waals surface area contributed by atoms with Gasteiger partial charge in [0.2, 0.25) is 0 Å². The van der Waals surface area contributed by atoms with Gasteiger partial charge in [0.05, 0.1) is 19.3 Å². The van der Waals surface area contributed by atoms with Crippen molar-refractivity contribution in [2.75, 3.05) is 39.8 Å². The first-order valence-electron chi connectivity index (χ1n) is 10.2. The number of aliphatic imine (C=N–C) groups is 1. The number of rotatable bonds is 9. The molecule has 0 radical (unpaired) electrons. The lowest BCUT2D eigenvalue weighted by molar-refractivity contribution is 0.0532. The minimum atomic E-state index is -0.345. The van der Waals surface area contributed by atoms with Crippen molar-refractivity contribution >= 4 is 5.96 Å². The maximum Gasteiger partial charge on any atom is 0.191 e. The maximum atomic E-state index is 13.7. The van der Waals surface area contributed by atoms with Crippen molar-refractivity contribution in [1.82, 2.24) is 15.5 Å². The number of nitrogens with zero attached hydrogens (tertiary/aromatic N) is 2. The highest BCUT2D eigenvalue weighted by Gasteiger charge is 2.20. The van der Waals surface area contributed by atoms with E-state index in [1.54, 1.807) is 25.2 Å². The van der Waals surface area contributed by atoms with Gasteiger partial charge in [0.15, 0.2) is 17.5 Å². The van der Waals surface area contributed by atoms with Crippen LogP contribution in [0.25, 0.3) is 0 Å². The second kappa shape index (κ2) is 11.9. The van der Waals surface area contributed by atoms with Crippen LogP contribution in [0.4, 0.5) is 4.39 Å². The smallest absolute Gasteiger partial charge is 0.191 e. The van der Waals surface area contributed by atoms with Crippen molar-refractivity contribution in [2.45, 2.75) is 51.9 Å². The lowest BCUT2D eigenvalue weighted by Gasteiger charge is -2.33. The van der Waals surface area contributed by atoms with E-state index in [1.165, 1.54) is 6.07 Å². The predicted octanol–water partition coefficient (Wildman–Crippen LogP) is 2.65. The van der Waals surface area contributed by atoms with E-state index in [0.29, 0.717) is 18.7 Å². The molecule has 0 amide bonds. The monoisotopic (exact) mass is 394 g/mol. The van der Waals surface area contributed by atoms with E-state index < -0.39 is 0 Å². The molecule has 1 aromatic rings. The van der Waals surface area contributed by atoms with Crippen LogP contribution in [0.1, 0.15) is 33.6 Å². The van der Waals surface area contributed by atoms with E-state index in [-0.39, 0.29) is 17.7 Å². The number of hydrogen-bond donors (Lipinski definition) is 2. The molecule has 1 atom stereocenters. The number of benzene rings is 1. The molecule has 1 aromatic carbocycles. The molecule has 0 spiro atoms. The van der Waals surface area contributed by atoms with Crippen molar-refractivity contribution in [3.63, 3.8) is 0 Å². The van der Waals surface area contributed by atoms with Crippen molar-refractivity contribution < 1.29 is 13.9 Å². The number of piperidine rings is 1. The van der Waals surface area contributed by atoms with Gasteiger partial charge in [0.1, 0.15) is 6.10 Å². The minimum absolute atomic E-state index is 0.182. The Bertz CT molecular complexity index is 604. The summed E-state index contributed by atoms with van der Waals surface area (Å²) < 4.78 is 25.0. The number of likely N-dealkylation sites (tertiary alicyclic amines) is 1. The third-order valence-electron chi connectivity index (χ3n) is 4.73. The Kier molecular flexibility index (Phi) is 9.50. The van der Waals surface area contributed by atoms with Crippen molar-refractivity contribution in [1.29, 1.82) is 0 Å². The fraction of sp³-hybridized carbons (Fsp3) is 0.667. The molecule has 0 aliphatic carbocycles. The maximum absolute atomic E-state index is 13.7. The molecule has 7 heteroatoms. The summed E-state index contributed by atoms with van der Waals surface area (Å²) in [5.41, 5.74) is 0. The molecule has 0 aromatic heterocycles. The Hall–Kier alpha value is -1.86. The molecule has 0 saturated carbocycles. The van der Waals surface area contributed by atoms with Gasteiger partial charge in [-0.3, -0.25) is 4.99 Å². The van der Waals surface area contributed by atoms with Gasteiger partial charge in [-0.15, -0.1) is 0 Å². The van der Waals surface area contributed by atoms with Gasteiger partial charge in [0, 0.05) is 32.7 Å². The Morgan fingerprint density at radius 2 is 1.96 bits per heavy atom. The van der Waals surface area contributed by atoms with Crippen LogP contribution in [-0.2, 0) is 4.74 Å². The molecule has 1 aliphatic rings. The van der Waals surface area contributed by atoms with Crippen LogP contribution in [0.2, 0.25) is 0 Å². The van der Waals surface area contributed by atoms with Gasteiger partial charge in [0.25, 0.3) is 0 Å². The lowest BCUT2D eigenvalue weighted by Crippen LogP contribution is -2.50. The molecular formula is C21H35FN4O2. The number of ether oxygens (including phenoxy) is 2. The third-order valence-corrected chi connectivity index (χ3v) is 4.73. The Morgan fingerprint density at radius 3 is 2.61 bits per heavy atom. The molecule has 1 unspecified atom stereocenters. The number of hydrogen-bond acceptors (Lipinski definition) is 4. The van der Waals surface area contributed by atoms with E-state index >= 15 is 0 Å². The van der Waals surface area contributed by atoms with Gasteiger partial charge in [-0.05, 0) is 45.7 Å². The SMILES string of the molecule is CN=C(NCC(C)Oc1ccccc1F)NC1CCN(CCOC(C)C)CC1. The summed E-state index contributed by atoms with van der Waals surface area (Å²) >= 11 is 0. The standard InChI is InChI=1S/C21H35FN4O2/c1-16(2)27-14-13-26-11-9-18(10-12-26)25-21(23-4)24-15-17(3)28-20-8-6-5-7-19(20)22/h5-8,16-18H,9-15H2,1-4H3,(H2,23,24,25). The number of nitrogens with one attached hydrogen (secondary N) is 2. The van der Waals surface area contributed by atoms with Gasteiger partial charge < -0.3 is 25.0 Å². The lowest BCUT2D eigenvalue weighted by atomic mass is 10.1. The summed E-state index contributed by atoms with van der Waals surface area (Å²) in [5.74, 6) is 0.682. The van der Waals surface area contributed by atoms with Gasteiger partial charge >= 0.3 is 0 Å². The van der Waals surface area contributed by atoms with E-state index in [9.17, 15) is 4.39 Å². The predicted molar refractivity (Wildman–Crippen MR) is 112 cm³/mol. The molecule has 2 N–H and O–H groups in total. The third kappa shape index (κ3) is 8.02. The van der Waals surface area contributed by atoms with E-state index in [0.717, 1.165) is 45.0 Å². The second-order valence-electron chi connectivity index (χ2n) is 7.49. The van der Waals surface area contributed by atoms with Gasteiger partial charge in [-0.2, -0.15) is 0 Å². The summed E-state index contributed by atoms with van der Waals surface area (Å²) in [6.07, 6.45) is 2.25. The van der Waals surface area contributed by atoms with Crippen LogP contribution in [-0.4, -0.2) is 68.9 Å². The largest absolute Gasteiger partial charge is 0.486 e. The Labute approximate surface area is 168 Å². The summed E-state index contributed by atoms with van der Waals surface area (Å²) in [5, 5.41) is 6.75. The van der Waals surface area contributed by atoms with Crippen LogP contribution < -0.4 is 15.4 Å². The highest BCUT2D eigenvalue weighted by molar-refractivity contribution is 5.80. The van der Waals surface area contributed by atoms with Gasteiger partial charge in [-0.1, -0.05) is 12.1 Å². The highest BCUT2D eigenvalue weighted by Crippen LogP contribution is 2.16. The minimum Gasteiger partial charge on any atom is -0.486 e. The van der Waals surface area contributed by atoms with Crippen LogP contribution in [0.15, 0.2) is 29.3 Å². The van der Waals surface area contributed by atoms with Crippen molar-refractivity contribution in [3.8, 4) is 5.75 Å². The van der Waals surface area contributed by atoms with Crippen LogP contribution >= 0.6 is 0 Å². The first-order chi connectivity index (χ1) is 13.5. The molecule has 1 saturated heterocycles. The van der Waals surface area contributed by atoms with Crippen molar-refractivity contribution in [3.05, 3.63) is 30.1 Å². The zero-order valence-electron chi connectivity index (χ0n) is 17.6. The van der Waals surface area contributed by atoms with Crippen molar-refractivity contribution in [2.24, 2.45) is 4.99 Å². The average Bonchev–Trinajstić information content (AvgIpc) is 2.68. The first kappa shape index (κ1) is 22.4. The summed E-state index contributed by atoms with van der Waals surface area (Å²) in [6.45, 7) is 10.5. The summed E-state index contributed by atoms with van der Waals surface area (Å²) in [7, 11) is 1.76. The second-order valence-corrected chi connectivity index (χ2v) is 7.49. The fourth-order valence-corrected chi connectivity index (χ4v) is 3.15. The van der Waals surface area contributed by atoms with E-state index in [2.05, 4.69) is 34.4 Å². The fourth-order valence-electron chi connectivity index (χ4n) is 3.15. The molecular weight excluding hydrogens is 359 g/mol. The molecule has 6 nitrogen and oxygen atoms in total. The first-order valence-corrected chi connectivity index (χ1v) is 10.2. The number of guanidine groups is 1. The average molecular weight is 395 g/mol. The summed E-state index contributed by atoms with van der Waals surface area (Å²) in [6, 6.07) is 6.85. The molecule has 0 bridgehead atoms. The van der Waals surface area contributed by atoms with Crippen LogP contribution in [0.3, 0.4) is 0 Å². The van der Waals surface area contributed by atoms with E-state index in [4.69, 9.17) is 9.47 Å². The number of halogens is 1. The quantitative estimate of drug-likeness (QED) is 0.498. The molecule has 2 rings (SSSR count). The molecule has 1 aliphatic heterocycles. The number of para-hydroxylation sites is 1. The molecule has 1 heterocycles. The van der Waals surface area contributed by atoms with E-state index in [1.807, 2.05) is 6.92 Å². The molecule has 1 fully saturated rings. The Balaban J connectivity index is 1.67. The zero-order valence-corrected chi connectivity index (χ0v) is 17.6. The zero-order chi connectivity index (χ0) is 20.4. The van der Waals surface area contributed by atoms with Crippen LogP contribution in [0, 0.1) is 5.82 Å². The Morgan fingerprint density at radius 1 is 1.25 bits per heavy atom. The molecule has 28 heavy (non-hydrogen) atoms. The molecule has 158 valence electrons. The van der Waals surface area contributed by atoms with Gasteiger partial charge in [-0.25, -0.2) is 4.39 Å². The highest BCUT2D eigenvalue weighted by atomic mass is 19.1. The summed E-state index contributed by atoms with van der Waals surface area (Å²) in [4.78, 5) is 6.74. The topological polar surface area (TPSA) is 58.1 Å². The normalized spacial score (nSPS) is 17.6.